The van der Waals surface area contributed by atoms with Crippen molar-refractivity contribution >= 4 is 17.3 Å². The molecule has 1 N–H and O–H groups in total. The van der Waals surface area contributed by atoms with Crippen LogP contribution in [0, 0.1) is 0 Å². The molecule has 32 heavy (non-hydrogen) atoms. The first-order chi connectivity index (χ1) is 15.7. The van der Waals surface area contributed by atoms with Crippen LogP contribution in [0.2, 0.25) is 0 Å². The number of nitrogens with one attached hydrogen (secondary N) is 1. The first kappa shape index (κ1) is 20.2. The Bertz CT molecular complexity index is 1210. The second-order valence-electron chi connectivity index (χ2n) is 7.61. The molecule has 3 aromatic heterocycles. The zero-order valence-electron chi connectivity index (χ0n) is 17.6. The Morgan fingerprint density at radius 1 is 1.00 bits per heavy atom. The topological polar surface area (TPSA) is 55.2 Å². The van der Waals surface area contributed by atoms with E-state index in [1.165, 1.54) is 0 Å². The molecule has 0 spiro atoms. The largest absolute Gasteiger partial charge is 0.497 e. The standard InChI is InChI=1S/C25H23N5OS/c1-31-20-7-4-6-19(16-20)29-15-5-9-22(29)24-23(21-8-2-3-12-27-21)28-25(32)30(24)17-18-10-13-26-14-11-18/h2-16,23-24H,17H2,1H3,(H,28,32)/t23-,24-/m0/s1. The molecule has 0 bridgehead atoms. The number of nitrogens with zero attached hydrogens (tertiary/aromatic N) is 4. The number of hydrogen-bond donors (Lipinski definition) is 1. The maximum absolute atomic E-state index is 5.81. The minimum absolute atomic E-state index is 0.0493. The van der Waals surface area contributed by atoms with E-state index in [4.69, 9.17) is 17.0 Å². The monoisotopic (exact) mass is 441 g/mol. The second kappa shape index (κ2) is 8.80. The summed E-state index contributed by atoms with van der Waals surface area (Å²) >= 11 is 5.81. The molecule has 160 valence electrons. The molecular weight excluding hydrogens is 418 g/mol. The minimum atomic E-state index is -0.0789. The summed E-state index contributed by atoms with van der Waals surface area (Å²) < 4.78 is 7.65. The van der Waals surface area contributed by atoms with Crippen molar-refractivity contribution < 1.29 is 4.74 Å². The van der Waals surface area contributed by atoms with Gasteiger partial charge in [-0.05, 0) is 66.3 Å². The highest BCUT2D eigenvalue weighted by atomic mass is 32.1. The number of benzene rings is 1. The fourth-order valence-corrected chi connectivity index (χ4v) is 4.52. The van der Waals surface area contributed by atoms with Gasteiger partial charge in [-0.15, -0.1) is 0 Å². The molecule has 5 rings (SSSR count). The van der Waals surface area contributed by atoms with Gasteiger partial charge in [-0.3, -0.25) is 9.97 Å². The van der Waals surface area contributed by atoms with Gasteiger partial charge in [0.1, 0.15) is 5.75 Å². The average molecular weight is 442 g/mol. The number of ether oxygens (including phenoxy) is 1. The van der Waals surface area contributed by atoms with Crippen molar-refractivity contribution in [1.82, 2.24) is 24.8 Å². The van der Waals surface area contributed by atoms with E-state index in [2.05, 4.69) is 49.1 Å². The lowest BCUT2D eigenvalue weighted by atomic mass is 10.0. The molecule has 1 fully saturated rings. The van der Waals surface area contributed by atoms with Crippen LogP contribution >= 0.6 is 12.2 Å². The fraction of sp³-hybridized carbons (Fsp3) is 0.160. The van der Waals surface area contributed by atoms with Crippen LogP contribution in [0.15, 0.2) is 91.5 Å². The van der Waals surface area contributed by atoms with Crippen LogP contribution in [0.25, 0.3) is 5.69 Å². The Hall–Kier alpha value is -3.71. The summed E-state index contributed by atoms with van der Waals surface area (Å²) in [6.45, 7) is 0.672. The Balaban J connectivity index is 1.60. The van der Waals surface area contributed by atoms with Crippen LogP contribution in [0.5, 0.6) is 5.75 Å². The molecule has 0 radical (unpaired) electrons. The summed E-state index contributed by atoms with van der Waals surface area (Å²) in [5, 5.41) is 4.23. The van der Waals surface area contributed by atoms with Gasteiger partial charge in [0.15, 0.2) is 5.11 Å². The Morgan fingerprint density at radius 2 is 1.88 bits per heavy atom. The molecule has 6 nitrogen and oxygen atoms in total. The molecule has 1 aliphatic heterocycles. The third-order valence-electron chi connectivity index (χ3n) is 5.71. The van der Waals surface area contributed by atoms with E-state index in [0.717, 1.165) is 28.4 Å². The second-order valence-corrected chi connectivity index (χ2v) is 8.00. The first-order valence-corrected chi connectivity index (χ1v) is 10.8. The minimum Gasteiger partial charge on any atom is -0.497 e. The van der Waals surface area contributed by atoms with E-state index in [0.29, 0.717) is 11.7 Å². The fourth-order valence-electron chi connectivity index (χ4n) is 4.21. The SMILES string of the molecule is COc1cccc(-n2cccc2[C@H]2[C@H](c3ccccn3)NC(=S)N2Cc2ccncc2)c1. The van der Waals surface area contributed by atoms with Crippen molar-refractivity contribution in [2.75, 3.05) is 7.11 Å². The number of aromatic nitrogens is 3. The maximum Gasteiger partial charge on any atom is 0.170 e. The highest BCUT2D eigenvalue weighted by Crippen LogP contribution is 2.40. The van der Waals surface area contributed by atoms with Gasteiger partial charge in [0.2, 0.25) is 0 Å². The maximum atomic E-state index is 5.81. The van der Waals surface area contributed by atoms with Crippen molar-refractivity contribution in [3.8, 4) is 11.4 Å². The summed E-state index contributed by atoms with van der Waals surface area (Å²) in [6.07, 6.45) is 7.52. The first-order valence-electron chi connectivity index (χ1n) is 10.4. The van der Waals surface area contributed by atoms with Gasteiger partial charge in [-0.1, -0.05) is 12.1 Å². The van der Waals surface area contributed by atoms with Gasteiger partial charge in [0.05, 0.1) is 24.9 Å². The van der Waals surface area contributed by atoms with E-state index in [1.807, 2.05) is 67.1 Å². The molecular formula is C25H23N5OS. The van der Waals surface area contributed by atoms with Crippen molar-refractivity contribution in [2.45, 2.75) is 18.6 Å². The van der Waals surface area contributed by atoms with Crippen molar-refractivity contribution in [1.29, 1.82) is 0 Å². The summed E-state index contributed by atoms with van der Waals surface area (Å²) in [6, 6.07) is 22.2. The zero-order chi connectivity index (χ0) is 21.9. The van der Waals surface area contributed by atoms with Gasteiger partial charge in [-0.25, -0.2) is 0 Å². The van der Waals surface area contributed by atoms with Gasteiger partial charge < -0.3 is 19.5 Å². The zero-order valence-corrected chi connectivity index (χ0v) is 18.4. The Kier molecular flexibility index (Phi) is 5.56. The molecule has 0 amide bonds. The van der Waals surface area contributed by atoms with Crippen molar-refractivity contribution in [3.05, 3.63) is 108 Å². The van der Waals surface area contributed by atoms with Crippen LogP contribution in [0.4, 0.5) is 0 Å². The number of hydrogen-bond acceptors (Lipinski definition) is 4. The lowest BCUT2D eigenvalue weighted by Crippen LogP contribution is -2.30. The number of thiocarbonyl (C=S) groups is 1. The average Bonchev–Trinajstić information content (AvgIpc) is 3.45. The van der Waals surface area contributed by atoms with Gasteiger partial charge in [0.25, 0.3) is 0 Å². The molecule has 4 aromatic rings. The van der Waals surface area contributed by atoms with Crippen LogP contribution < -0.4 is 10.1 Å². The molecule has 1 saturated heterocycles. The van der Waals surface area contributed by atoms with E-state index < -0.39 is 0 Å². The quantitative estimate of drug-likeness (QED) is 0.446. The van der Waals surface area contributed by atoms with Crippen LogP contribution in [0.1, 0.15) is 29.0 Å². The highest BCUT2D eigenvalue weighted by Gasteiger charge is 2.41. The Morgan fingerprint density at radius 3 is 2.66 bits per heavy atom. The lowest BCUT2D eigenvalue weighted by molar-refractivity contribution is 0.302. The lowest BCUT2D eigenvalue weighted by Gasteiger charge is -2.29. The summed E-state index contributed by atoms with van der Waals surface area (Å²) in [5.41, 5.74) is 4.26. The molecule has 1 aliphatic rings. The van der Waals surface area contributed by atoms with Crippen molar-refractivity contribution in [2.24, 2.45) is 0 Å². The van der Waals surface area contributed by atoms with E-state index in [1.54, 1.807) is 7.11 Å². The Labute approximate surface area is 192 Å². The molecule has 0 saturated carbocycles. The van der Waals surface area contributed by atoms with E-state index in [-0.39, 0.29) is 12.1 Å². The number of methoxy groups -OCH3 is 1. The number of rotatable bonds is 6. The van der Waals surface area contributed by atoms with Crippen LogP contribution in [-0.4, -0.2) is 31.7 Å². The summed E-state index contributed by atoms with van der Waals surface area (Å²) in [5.74, 6) is 0.817. The van der Waals surface area contributed by atoms with Crippen LogP contribution in [0.3, 0.4) is 0 Å². The molecule has 4 heterocycles. The normalized spacial score (nSPS) is 17.9. The van der Waals surface area contributed by atoms with E-state index in [9.17, 15) is 0 Å². The third-order valence-corrected chi connectivity index (χ3v) is 6.07. The molecule has 1 aromatic carbocycles. The predicted molar refractivity (Wildman–Crippen MR) is 128 cm³/mol. The van der Waals surface area contributed by atoms with Gasteiger partial charge in [-0.2, -0.15) is 0 Å². The van der Waals surface area contributed by atoms with Crippen molar-refractivity contribution in [3.63, 3.8) is 0 Å². The van der Waals surface area contributed by atoms with Crippen LogP contribution in [-0.2, 0) is 6.54 Å². The molecule has 0 unspecified atom stereocenters. The highest BCUT2D eigenvalue weighted by molar-refractivity contribution is 7.80. The summed E-state index contributed by atoms with van der Waals surface area (Å²) in [4.78, 5) is 11.0. The predicted octanol–water partition coefficient (Wildman–Crippen LogP) is 4.45. The summed E-state index contributed by atoms with van der Waals surface area (Å²) in [7, 11) is 1.68. The van der Waals surface area contributed by atoms with E-state index >= 15 is 0 Å². The molecule has 7 heteroatoms. The molecule has 2 atom stereocenters. The van der Waals surface area contributed by atoms with Gasteiger partial charge >= 0.3 is 0 Å². The number of pyridine rings is 2. The third kappa shape index (κ3) is 3.83. The van der Waals surface area contributed by atoms with Gasteiger partial charge in [0, 0.05) is 48.8 Å². The smallest absolute Gasteiger partial charge is 0.170 e. The molecule has 0 aliphatic carbocycles.